The highest BCUT2D eigenvalue weighted by molar-refractivity contribution is 5.99. The fourth-order valence-corrected chi connectivity index (χ4v) is 2.63. The third-order valence-electron chi connectivity index (χ3n) is 4.25. The zero-order valence-electron chi connectivity index (χ0n) is 16.9. The number of ketones is 1. The van der Waals surface area contributed by atoms with E-state index in [1.807, 2.05) is 12.1 Å². The molecule has 5 heteroatoms. The van der Waals surface area contributed by atoms with E-state index in [0.717, 1.165) is 5.56 Å². The van der Waals surface area contributed by atoms with Gasteiger partial charge in [-0.15, -0.1) is 0 Å². The fraction of sp³-hybridized carbons (Fsp3) is 0.304. The molecule has 2 aromatic carbocycles. The lowest BCUT2D eigenvalue weighted by Gasteiger charge is -2.18. The van der Waals surface area contributed by atoms with E-state index in [0.29, 0.717) is 22.6 Å². The number of hydrogen-bond acceptors (Lipinski definition) is 5. The third-order valence-corrected chi connectivity index (χ3v) is 4.25. The van der Waals surface area contributed by atoms with Gasteiger partial charge in [0.05, 0.1) is 14.2 Å². The number of carbonyl (C=O) groups is 2. The maximum Gasteiger partial charge on any atom is 0.331 e. The normalized spacial score (nSPS) is 11.3. The van der Waals surface area contributed by atoms with Crippen LogP contribution in [0, 0.1) is 0 Å². The average molecular weight is 382 g/mol. The van der Waals surface area contributed by atoms with Crippen LogP contribution in [-0.4, -0.2) is 32.6 Å². The van der Waals surface area contributed by atoms with Gasteiger partial charge in [-0.1, -0.05) is 57.2 Å². The zero-order chi connectivity index (χ0) is 20.7. The number of ether oxygens (including phenoxy) is 3. The maximum absolute atomic E-state index is 12.2. The van der Waals surface area contributed by atoms with Gasteiger partial charge in [-0.05, 0) is 23.1 Å². The Morgan fingerprint density at radius 3 is 2.21 bits per heavy atom. The summed E-state index contributed by atoms with van der Waals surface area (Å²) in [4.78, 5) is 24.2. The van der Waals surface area contributed by atoms with Crippen LogP contribution in [0.4, 0.5) is 0 Å². The Kier molecular flexibility index (Phi) is 6.99. The molecule has 0 radical (unpaired) electrons. The third kappa shape index (κ3) is 5.46. The molecule has 0 fully saturated rings. The second-order valence-electron chi connectivity index (χ2n) is 7.27. The van der Waals surface area contributed by atoms with E-state index in [1.54, 1.807) is 43.5 Å². The summed E-state index contributed by atoms with van der Waals surface area (Å²) in [5, 5.41) is 0. The van der Waals surface area contributed by atoms with Gasteiger partial charge in [0.1, 0.15) is 0 Å². The molecular formula is C23H26O5. The molecule has 5 nitrogen and oxygen atoms in total. The van der Waals surface area contributed by atoms with Crippen molar-refractivity contribution in [2.75, 3.05) is 20.8 Å². The largest absolute Gasteiger partial charge is 0.493 e. The predicted octanol–water partition coefficient (Wildman–Crippen LogP) is 4.44. The first kappa shape index (κ1) is 21.2. The van der Waals surface area contributed by atoms with Crippen LogP contribution < -0.4 is 9.47 Å². The topological polar surface area (TPSA) is 61.8 Å². The minimum absolute atomic E-state index is 0.0139. The van der Waals surface area contributed by atoms with Crippen LogP contribution in [0.2, 0.25) is 0 Å². The summed E-state index contributed by atoms with van der Waals surface area (Å²) in [5.74, 6) is 0.224. The second-order valence-corrected chi connectivity index (χ2v) is 7.27. The van der Waals surface area contributed by atoms with Crippen LogP contribution in [0.15, 0.2) is 48.5 Å². The van der Waals surface area contributed by atoms with Crippen molar-refractivity contribution in [1.29, 1.82) is 0 Å². The molecule has 0 saturated carbocycles. The Morgan fingerprint density at radius 2 is 1.64 bits per heavy atom. The summed E-state index contributed by atoms with van der Waals surface area (Å²) in [7, 11) is 3.07. The van der Waals surface area contributed by atoms with E-state index >= 15 is 0 Å². The first-order valence-corrected chi connectivity index (χ1v) is 8.96. The van der Waals surface area contributed by atoms with Crippen LogP contribution in [0.5, 0.6) is 11.5 Å². The van der Waals surface area contributed by atoms with Crippen LogP contribution in [0.25, 0.3) is 6.08 Å². The minimum Gasteiger partial charge on any atom is -0.493 e. The standard InChI is InChI=1S/C23H26O5/c1-23(2,3)18-12-9-16(10-13-18)19(24)15-28-21(25)14-11-17-7-6-8-20(26-4)22(17)27-5/h6-14H,15H2,1-5H3/b14-11+. The molecule has 148 valence electrons. The lowest BCUT2D eigenvalue weighted by molar-refractivity contribution is -0.136. The SMILES string of the molecule is COc1cccc(/C=C/C(=O)OCC(=O)c2ccc(C(C)(C)C)cc2)c1OC. The van der Waals surface area contributed by atoms with Crippen LogP contribution in [-0.2, 0) is 14.9 Å². The summed E-state index contributed by atoms with van der Waals surface area (Å²) in [6, 6.07) is 12.7. The maximum atomic E-state index is 12.2. The highest BCUT2D eigenvalue weighted by Crippen LogP contribution is 2.31. The molecule has 0 aliphatic heterocycles. The second kappa shape index (κ2) is 9.22. The fourth-order valence-electron chi connectivity index (χ4n) is 2.63. The molecule has 0 amide bonds. The van der Waals surface area contributed by atoms with Gasteiger partial charge in [0, 0.05) is 17.2 Å². The van der Waals surface area contributed by atoms with E-state index in [-0.39, 0.29) is 17.8 Å². The Balaban J connectivity index is 1.97. The number of para-hydroxylation sites is 1. The van der Waals surface area contributed by atoms with Gasteiger partial charge in [-0.3, -0.25) is 4.79 Å². The van der Waals surface area contributed by atoms with Crippen LogP contribution in [0.1, 0.15) is 42.3 Å². The lowest BCUT2D eigenvalue weighted by atomic mass is 9.86. The monoisotopic (exact) mass is 382 g/mol. The number of esters is 1. The molecule has 0 aromatic heterocycles. The van der Waals surface area contributed by atoms with E-state index in [9.17, 15) is 9.59 Å². The number of benzene rings is 2. The van der Waals surface area contributed by atoms with Gasteiger partial charge in [-0.2, -0.15) is 0 Å². The molecular weight excluding hydrogens is 356 g/mol. The summed E-state index contributed by atoms with van der Waals surface area (Å²) >= 11 is 0. The van der Waals surface area contributed by atoms with Gasteiger partial charge >= 0.3 is 5.97 Å². The van der Waals surface area contributed by atoms with Crippen molar-refractivity contribution in [3.63, 3.8) is 0 Å². The summed E-state index contributed by atoms with van der Waals surface area (Å²) in [6.45, 7) is 6.01. The molecule has 2 rings (SSSR count). The number of Topliss-reactive ketones (excluding diaryl/α,β-unsaturated/α-hetero) is 1. The van der Waals surface area contributed by atoms with Crippen molar-refractivity contribution in [1.82, 2.24) is 0 Å². The van der Waals surface area contributed by atoms with Crippen molar-refractivity contribution >= 4 is 17.8 Å². The lowest BCUT2D eigenvalue weighted by Crippen LogP contribution is -2.14. The number of hydrogen-bond donors (Lipinski definition) is 0. The quantitative estimate of drug-likeness (QED) is 0.402. The molecule has 0 aliphatic carbocycles. The first-order chi connectivity index (χ1) is 13.3. The average Bonchev–Trinajstić information content (AvgIpc) is 2.69. The summed E-state index contributed by atoms with van der Waals surface area (Å²) < 4.78 is 15.6. The van der Waals surface area contributed by atoms with E-state index in [1.165, 1.54) is 13.2 Å². The molecule has 0 bridgehead atoms. The Hall–Kier alpha value is -3.08. The van der Waals surface area contributed by atoms with Crippen LogP contribution in [0.3, 0.4) is 0 Å². The van der Waals surface area contributed by atoms with E-state index in [2.05, 4.69) is 20.8 Å². The van der Waals surface area contributed by atoms with Gasteiger partial charge in [0.2, 0.25) is 0 Å². The Bertz CT molecular complexity index is 858. The predicted molar refractivity (Wildman–Crippen MR) is 109 cm³/mol. The Labute approximate surface area is 165 Å². The molecule has 0 saturated heterocycles. The van der Waals surface area contributed by atoms with Crippen molar-refractivity contribution in [2.45, 2.75) is 26.2 Å². The first-order valence-electron chi connectivity index (χ1n) is 8.96. The summed E-state index contributed by atoms with van der Waals surface area (Å²) in [5.41, 5.74) is 2.33. The molecule has 28 heavy (non-hydrogen) atoms. The smallest absolute Gasteiger partial charge is 0.331 e. The molecule has 0 aliphatic rings. The Morgan fingerprint density at radius 1 is 0.964 bits per heavy atom. The van der Waals surface area contributed by atoms with Gasteiger partial charge in [0.15, 0.2) is 23.9 Å². The molecule has 0 N–H and O–H groups in total. The van der Waals surface area contributed by atoms with Gasteiger partial charge < -0.3 is 14.2 Å². The van der Waals surface area contributed by atoms with E-state index in [4.69, 9.17) is 14.2 Å². The van der Waals surface area contributed by atoms with Crippen molar-refractivity contribution < 1.29 is 23.8 Å². The van der Waals surface area contributed by atoms with Crippen molar-refractivity contribution in [3.05, 3.63) is 65.2 Å². The van der Waals surface area contributed by atoms with Gasteiger partial charge in [-0.25, -0.2) is 4.79 Å². The molecule has 0 atom stereocenters. The van der Waals surface area contributed by atoms with E-state index < -0.39 is 5.97 Å². The molecule has 0 unspecified atom stereocenters. The highest BCUT2D eigenvalue weighted by atomic mass is 16.5. The number of carbonyl (C=O) groups excluding carboxylic acids is 2. The number of methoxy groups -OCH3 is 2. The van der Waals surface area contributed by atoms with Gasteiger partial charge in [0.25, 0.3) is 0 Å². The van der Waals surface area contributed by atoms with Crippen LogP contribution >= 0.6 is 0 Å². The molecule has 0 spiro atoms. The summed E-state index contributed by atoms with van der Waals surface area (Å²) in [6.07, 6.45) is 2.82. The van der Waals surface area contributed by atoms with Crippen molar-refractivity contribution in [3.8, 4) is 11.5 Å². The highest BCUT2D eigenvalue weighted by Gasteiger charge is 2.15. The molecule has 2 aromatic rings. The minimum atomic E-state index is -0.607. The zero-order valence-corrected chi connectivity index (χ0v) is 16.9. The molecule has 0 heterocycles. The van der Waals surface area contributed by atoms with Crippen molar-refractivity contribution in [2.24, 2.45) is 0 Å². The number of rotatable bonds is 7.